The number of unbranched alkanes of at least 4 members (excludes halogenated alkanes) is 1. The fourth-order valence-corrected chi connectivity index (χ4v) is 2.68. The van der Waals surface area contributed by atoms with E-state index >= 15 is 0 Å². The molecule has 3 nitrogen and oxygen atoms in total. The third kappa shape index (κ3) is 4.27. The lowest BCUT2D eigenvalue weighted by molar-refractivity contribution is 0.190. The van der Waals surface area contributed by atoms with Crippen molar-refractivity contribution in [3.05, 3.63) is 34.6 Å². The first kappa shape index (κ1) is 19.1. The largest absolute Gasteiger partial charge is 0.330 e. The minimum atomic E-state index is -3.65. The molecule has 0 N–H and O–H groups in total. The van der Waals surface area contributed by atoms with Gasteiger partial charge in [0.05, 0.1) is 18.8 Å². The van der Waals surface area contributed by atoms with E-state index in [0.29, 0.717) is 6.42 Å². The fourth-order valence-electron chi connectivity index (χ4n) is 1.51. The van der Waals surface area contributed by atoms with Gasteiger partial charge in [0.15, 0.2) is 23.3 Å². The molecule has 1 unspecified atom stereocenters. The number of benzene rings is 1. The quantitative estimate of drug-likeness (QED) is 0.220. The van der Waals surface area contributed by atoms with E-state index in [0.717, 1.165) is 6.42 Å². The Bertz CT molecular complexity index is 550. The Morgan fingerprint density at radius 2 is 1.36 bits per heavy atom. The summed E-state index contributed by atoms with van der Waals surface area (Å²) in [4.78, 5) is 0. The first-order chi connectivity index (χ1) is 10.3. The minimum absolute atomic E-state index is 0.0912. The number of hydrogen-bond donors (Lipinski definition) is 0. The van der Waals surface area contributed by atoms with Crippen molar-refractivity contribution in [3.8, 4) is 0 Å². The zero-order chi connectivity index (χ0) is 16.9. The van der Waals surface area contributed by atoms with E-state index in [4.69, 9.17) is 9.05 Å². The highest BCUT2D eigenvalue weighted by molar-refractivity contribution is 7.53. The van der Waals surface area contributed by atoms with Crippen LogP contribution in [0.3, 0.4) is 0 Å². The third-order valence-corrected chi connectivity index (χ3v) is 4.75. The van der Waals surface area contributed by atoms with Gasteiger partial charge >= 0.3 is 7.60 Å². The summed E-state index contributed by atoms with van der Waals surface area (Å²) in [5.74, 6) is -10.4. The molecule has 0 heterocycles. The van der Waals surface area contributed by atoms with E-state index in [1.54, 1.807) is 0 Å². The maximum Gasteiger partial charge on any atom is 0.330 e. The van der Waals surface area contributed by atoms with Crippen molar-refractivity contribution in [2.45, 2.75) is 33.3 Å². The average Bonchev–Trinajstić information content (AvgIpc) is 2.51. The molecule has 126 valence electrons. The maximum absolute atomic E-state index is 13.5. The highest BCUT2D eigenvalue weighted by atomic mass is 31.2. The first-order valence-electron chi connectivity index (χ1n) is 6.65. The van der Waals surface area contributed by atoms with Gasteiger partial charge in [-0.05, 0) is 6.42 Å². The third-order valence-electron chi connectivity index (χ3n) is 2.88. The summed E-state index contributed by atoms with van der Waals surface area (Å²) in [6, 6.07) is 0. The predicted molar refractivity (Wildman–Crippen MR) is 70.0 cm³/mol. The monoisotopic (exact) mass is 346 g/mol. The van der Waals surface area contributed by atoms with Gasteiger partial charge in [-0.2, -0.15) is 0 Å². The minimum Gasteiger partial charge on any atom is -0.309 e. The maximum atomic E-state index is 13.5. The van der Waals surface area contributed by atoms with Crippen molar-refractivity contribution < 1.29 is 35.6 Å². The molecule has 0 aliphatic carbocycles. The molecule has 1 atom stereocenters. The zero-order valence-electron chi connectivity index (χ0n) is 12.1. The summed E-state index contributed by atoms with van der Waals surface area (Å²) in [6.45, 7) is 2.41. The number of rotatable bonds is 8. The van der Waals surface area contributed by atoms with E-state index in [-0.39, 0.29) is 12.8 Å². The van der Waals surface area contributed by atoms with Crippen LogP contribution in [0.1, 0.15) is 32.3 Å². The number of hydrogen-bond acceptors (Lipinski definition) is 3. The van der Waals surface area contributed by atoms with Crippen molar-refractivity contribution in [1.29, 1.82) is 0 Å². The van der Waals surface area contributed by atoms with Crippen molar-refractivity contribution in [1.82, 2.24) is 0 Å². The normalized spacial score (nSPS) is 14.1. The Balaban J connectivity index is 2.94. The summed E-state index contributed by atoms with van der Waals surface area (Å²) >= 11 is 0. The van der Waals surface area contributed by atoms with Crippen LogP contribution in [-0.2, 0) is 20.2 Å². The van der Waals surface area contributed by atoms with Crippen LogP contribution in [0.15, 0.2) is 0 Å². The molecule has 0 aliphatic heterocycles. The van der Waals surface area contributed by atoms with Crippen molar-refractivity contribution in [2.24, 2.45) is 0 Å². The molecule has 0 saturated carbocycles. The average molecular weight is 346 g/mol. The molecule has 22 heavy (non-hydrogen) atoms. The van der Waals surface area contributed by atoms with Crippen molar-refractivity contribution >= 4 is 7.60 Å². The van der Waals surface area contributed by atoms with Crippen LogP contribution in [0.4, 0.5) is 22.0 Å². The van der Waals surface area contributed by atoms with Crippen LogP contribution in [0, 0.1) is 29.1 Å². The molecule has 9 heteroatoms. The Kier molecular flexibility index (Phi) is 6.97. The van der Waals surface area contributed by atoms with Gasteiger partial charge in [0, 0.05) is 6.16 Å². The SMILES string of the molecule is CCCCOP(=O)(CC)OCc1c(F)c(F)c(F)c(F)c1F. The molecule has 0 aliphatic rings. The molecule has 0 amide bonds. The smallest absolute Gasteiger partial charge is 0.309 e. The molecule has 0 bridgehead atoms. The van der Waals surface area contributed by atoms with Crippen LogP contribution >= 0.6 is 7.60 Å². The van der Waals surface area contributed by atoms with E-state index in [9.17, 15) is 26.5 Å². The van der Waals surface area contributed by atoms with Crippen LogP contribution < -0.4 is 0 Å². The highest BCUT2D eigenvalue weighted by Gasteiger charge is 2.28. The van der Waals surface area contributed by atoms with Gasteiger partial charge in [0.2, 0.25) is 5.82 Å². The molecule has 1 rings (SSSR count). The number of halogens is 5. The van der Waals surface area contributed by atoms with Gasteiger partial charge in [0.25, 0.3) is 0 Å². The van der Waals surface area contributed by atoms with Crippen LogP contribution in [0.25, 0.3) is 0 Å². The second kappa shape index (κ2) is 8.04. The van der Waals surface area contributed by atoms with E-state index in [1.807, 2.05) is 6.92 Å². The molecule has 1 aromatic carbocycles. The Labute approximate surface area is 125 Å². The van der Waals surface area contributed by atoms with E-state index in [2.05, 4.69) is 0 Å². The molecular weight excluding hydrogens is 330 g/mol. The van der Waals surface area contributed by atoms with Crippen molar-refractivity contribution in [3.63, 3.8) is 0 Å². The van der Waals surface area contributed by atoms with Gasteiger partial charge < -0.3 is 9.05 Å². The standard InChI is InChI=1S/C13H16F5O3P/c1-3-5-6-20-22(19,4-2)21-7-8-9(14)11(16)13(18)12(17)10(8)15/h3-7H2,1-2H3. The van der Waals surface area contributed by atoms with Gasteiger partial charge in [-0.1, -0.05) is 20.3 Å². The molecule has 0 saturated heterocycles. The van der Waals surface area contributed by atoms with Gasteiger partial charge in [0.1, 0.15) is 0 Å². The Morgan fingerprint density at radius 3 is 1.82 bits per heavy atom. The summed E-state index contributed by atoms with van der Waals surface area (Å²) in [6.07, 6.45) is 1.27. The summed E-state index contributed by atoms with van der Waals surface area (Å²) in [7, 11) is -3.65. The lowest BCUT2D eigenvalue weighted by atomic mass is 10.2. The first-order valence-corrected chi connectivity index (χ1v) is 8.38. The molecular formula is C13H16F5O3P. The zero-order valence-corrected chi connectivity index (χ0v) is 13.0. The lowest BCUT2D eigenvalue weighted by Gasteiger charge is -2.17. The van der Waals surface area contributed by atoms with E-state index in [1.165, 1.54) is 6.92 Å². The Hall–Kier alpha value is -0.980. The van der Waals surface area contributed by atoms with Gasteiger partial charge in [-0.25, -0.2) is 22.0 Å². The summed E-state index contributed by atoms with van der Waals surface area (Å²) in [5.41, 5.74) is -1.18. The highest BCUT2D eigenvalue weighted by Crippen LogP contribution is 2.48. The Morgan fingerprint density at radius 1 is 0.864 bits per heavy atom. The van der Waals surface area contributed by atoms with Gasteiger partial charge in [-0.3, -0.25) is 4.57 Å². The predicted octanol–water partition coefficient (Wildman–Crippen LogP) is 4.93. The lowest BCUT2D eigenvalue weighted by Crippen LogP contribution is -2.09. The second-order valence-electron chi connectivity index (χ2n) is 4.44. The molecule has 1 aromatic rings. The topological polar surface area (TPSA) is 35.5 Å². The summed E-state index contributed by atoms with van der Waals surface area (Å²) < 4.78 is 87.9. The summed E-state index contributed by atoms with van der Waals surface area (Å²) in [5, 5.41) is 0. The molecule has 0 fully saturated rings. The molecule has 0 radical (unpaired) electrons. The van der Waals surface area contributed by atoms with E-state index < -0.39 is 48.9 Å². The van der Waals surface area contributed by atoms with Crippen LogP contribution in [-0.4, -0.2) is 12.8 Å². The fraction of sp³-hybridized carbons (Fsp3) is 0.538. The van der Waals surface area contributed by atoms with Crippen molar-refractivity contribution in [2.75, 3.05) is 12.8 Å². The van der Waals surface area contributed by atoms with Crippen LogP contribution in [0.5, 0.6) is 0 Å². The molecule has 0 aromatic heterocycles. The van der Waals surface area contributed by atoms with Crippen LogP contribution in [0.2, 0.25) is 0 Å². The van der Waals surface area contributed by atoms with Gasteiger partial charge in [-0.15, -0.1) is 0 Å². The second-order valence-corrected chi connectivity index (χ2v) is 6.81. The molecule has 0 spiro atoms.